The van der Waals surface area contributed by atoms with Gasteiger partial charge in [0.2, 0.25) is 0 Å². The van der Waals surface area contributed by atoms with Crippen molar-refractivity contribution in [1.29, 1.82) is 0 Å². The van der Waals surface area contributed by atoms with Crippen LogP contribution in [0.3, 0.4) is 0 Å². The Morgan fingerprint density at radius 1 is 0.575 bits per heavy atom. The van der Waals surface area contributed by atoms with Crippen molar-refractivity contribution in [2.24, 2.45) is 0 Å². The fourth-order valence-electron chi connectivity index (χ4n) is 6.45. The molecule has 188 valence electrons. The minimum absolute atomic E-state index is 0.919. The summed E-state index contributed by atoms with van der Waals surface area (Å²) in [4.78, 5) is 0. The van der Waals surface area contributed by atoms with Crippen molar-refractivity contribution in [3.63, 3.8) is 0 Å². The first-order chi connectivity index (χ1) is 19.7. The molecular weight excluding hydrogens is 506 g/mol. The van der Waals surface area contributed by atoms with Crippen LogP contribution < -0.4 is 0 Å². The fraction of sp³-hybridized carbons (Fsp3) is 0.0270. The molecule has 3 heterocycles. The molecule has 0 unspecified atom stereocenters. The maximum atomic E-state index is 6.15. The number of nitrogens with zero attached hydrogens (tertiary/aromatic N) is 1. The summed E-state index contributed by atoms with van der Waals surface area (Å²) < 4.78 is 11.3. The highest BCUT2D eigenvalue weighted by atomic mass is 32.1. The van der Waals surface area contributed by atoms with Crippen LogP contribution in [0.25, 0.3) is 80.7 Å². The van der Waals surface area contributed by atoms with Gasteiger partial charge in [-0.3, -0.25) is 0 Å². The summed E-state index contributed by atoms with van der Waals surface area (Å²) in [5.74, 6) is 0. The van der Waals surface area contributed by atoms with Crippen molar-refractivity contribution in [2.45, 2.75) is 6.92 Å². The quantitative estimate of drug-likeness (QED) is 0.218. The predicted molar refractivity (Wildman–Crippen MR) is 171 cm³/mol. The Labute approximate surface area is 234 Å². The number of fused-ring (bicyclic) bond motifs is 10. The molecule has 0 radical (unpaired) electrons. The van der Waals surface area contributed by atoms with Gasteiger partial charge in [-0.05, 0) is 54.4 Å². The Hall–Kier alpha value is -4.86. The monoisotopic (exact) mass is 529 g/mol. The number of rotatable bonds is 2. The van der Waals surface area contributed by atoms with Crippen LogP contribution in [0.2, 0.25) is 0 Å². The Bertz CT molecular complexity index is 2450. The molecule has 0 saturated carbocycles. The van der Waals surface area contributed by atoms with E-state index in [1.807, 2.05) is 23.5 Å². The van der Waals surface area contributed by atoms with Gasteiger partial charge in [-0.2, -0.15) is 0 Å². The highest BCUT2D eigenvalue weighted by molar-refractivity contribution is 7.26. The topological polar surface area (TPSA) is 18.1 Å². The summed E-state index contributed by atoms with van der Waals surface area (Å²) in [5.41, 5.74) is 9.18. The predicted octanol–water partition coefficient (Wildman–Crippen LogP) is 11.0. The molecule has 40 heavy (non-hydrogen) atoms. The lowest BCUT2D eigenvalue weighted by molar-refractivity contribution is 0.669. The van der Waals surface area contributed by atoms with E-state index in [4.69, 9.17) is 4.42 Å². The normalized spacial score (nSPS) is 12.1. The van der Waals surface area contributed by atoms with E-state index in [1.165, 1.54) is 64.4 Å². The minimum atomic E-state index is 0.919. The Morgan fingerprint density at radius 2 is 1.32 bits per heavy atom. The number of aromatic nitrogens is 1. The lowest BCUT2D eigenvalue weighted by Gasteiger charge is -2.15. The standard InChI is InChI=1S/C37H23NOS/c1-22-14-16-24(23-15-19-34-30(21-23)26-9-3-6-12-33(26)39-34)32(20-22)38-31-11-5-2-8-25(31)28-17-18-29-27-10-4-7-13-35(27)40-37(29)36(28)38/h2-21H,1H3. The van der Waals surface area contributed by atoms with E-state index < -0.39 is 0 Å². The van der Waals surface area contributed by atoms with E-state index in [1.54, 1.807) is 0 Å². The van der Waals surface area contributed by atoms with Gasteiger partial charge in [-0.1, -0.05) is 84.9 Å². The Kier molecular flexibility index (Phi) is 4.44. The van der Waals surface area contributed by atoms with E-state index >= 15 is 0 Å². The summed E-state index contributed by atoms with van der Waals surface area (Å²) in [7, 11) is 0. The third-order valence-corrected chi connectivity index (χ3v) is 9.45. The van der Waals surface area contributed by atoms with Crippen molar-refractivity contribution >= 4 is 75.3 Å². The lowest BCUT2D eigenvalue weighted by Crippen LogP contribution is -1.98. The molecule has 6 aromatic carbocycles. The molecule has 3 aromatic heterocycles. The maximum absolute atomic E-state index is 6.15. The smallest absolute Gasteiger partial charge is 0.135 e. The zero-order chi connectivity index (χ0) is 26.4. The third kappa shape index (κ3) is 2.98. The summed E-state index contributed by atoms with van der Waals surface area (Å²) in [5, 5.41) is 7.50. The van der Waals surface area contributed by atoms with Crippen LogP contribution in [0.5, 0.6) is 0 Å². The second kappa shape index (κ2) is 8.08. The van der Waals surface area contributed by atoms with Crippen LogP contribution in [-0.2, 0) is 0 Å². The molecule has 0 N–H and O–H groups in total. The van der Waals surface area contributed by atoms with Crippen LogP contribution in [0, 0.1) is 6.92 Å². The molecule has 0 spiro atoms. The SMILES string of the molecule is Cc1ccc(-c2ccc3oc4ccccc4c3c2)c(-n2c3ccccc3c3ccc4c5ccccc5sc4c32)c1. The van der Waals surface area contributed by atoms with Crippen molar-refractivity contribution < 1.29 is 4.42 Å². The Morgan fingerprint density at radius 3 is 2.25 bits per heavy atom. The summed E-state index contributed by atoms with van der Waals surface area (Å²) in [6.07, 6.45) is 0. The summed E-state index contributed by atoms with van der Waals surface area (Å²) in [6.45, 7) is 2.18. The average molecular weight is 530 g/mol. The number of aryl methyl sites for hydroxylation is 1. The van der Waals surface area contributed by atoms with Crippen molar-refractivity contribution in [3.8, 4) is 16.8 Å². The van der Waals surface area contributed by atoms with Gasteiger partial charge in [-0.15, -0.1) is 11.3 Å². The van der Waals surface area contributed by atoms with Gasteiger partial charge in [0.1, 0.15) is 11.2 Å². The second-order valence-electron chi connectivity index (χ2n) is 10.6. The van der Waals surface area contributed by atoms with Crippen LogP contribution in [-0.4, -0.2) is 4.57 Å². The van der Waals surface area contributed by atoms with Gasteiger partial charge in [0.25, 0.3) is 0 Å². The highest BCUT2D eigenvalue weighted by Crippen LogP contribution is 2.44. The van der Waals surface area contributed by atoms with E-state index in [-0.39, 0.29) is 0 Å². The molecule has 0 saturated heterocycles. The van der Waals surface area contributed by atoms with Crippen LogP contribution in [0.1, 0.15) is 5.56 Å². The zero-order valence-electron chi connectivity index (χ0n) is 21.8. The molecule has 9 aromatic rings. The number of benzene rings is 6. The molecular formula is C37H23NOS. The largest absolute Gasteiger partial charge is 0.456 e. The Balaban J connectivity index is 1.42. The molecule has 3 heteroatoms. The number of furan rings is 1. The lowest BCUT2D eigenvalue weighted by atomic mass is 9.99. The molecule has 0 aliphatic rings. The highest BCUT2D eigenvalue weighted by Gasteiger charge is 2.20. The number of hydrogen-bond donors (Lipinski definition) is 0. The van der Waals surface area contributed by atoms with Gasteiger partial charge >= 0.3 is 0 Å². The molecule has 0 fully saturated rings. The minimum Gasteiger partial charge on any atom is -0.456 e. The number of hydrogen-bond acceptors (Lipinski definition) is 2. The second-order valence-corrected chi connectivity index (χ2v) is 11.7. The first-order valence-electron chi connectivity index (χ1n) is 13.6. The van der Waals surface area contributed by atoms with E-state index in [9.17, 15) is 0 Å². The molecule has 0 aliphatic heterocycles. The maximum Gasteiger partial charge on any atom is 0.135 e. The fourth-order valence-corrected chi connectivity index (χ4v) is 7.69. The van der Waals surface area contributed by atoms with E-state index in [2.05, 4.69) is 121 Å². The van der Waals surface area contributed by atoms with Crippen molar-refractivity contribution in [3.05, 3.63) is 127 Å². The number of para-hydroxylation sites is 2. The van der Waals surface area contributed by atoms with E-state index in [0.29, 0.717) is 0 Å². The third-order valence-electron chi connectivity index (χ3n) is 8.26. The van der Waals surface area contributed by atoms with Gasteiger partial charge in [0.05, 0.1) is 21.4 Å². The molecule has 9 rings (SSSR count). The molecule has 0 aliphatic carbocycles. The van der Waals surface area contributed by atoms with E-state index in [0.717, 1.165) is 21.9 Å². The van der Waals surface area contributed by atoms with Crippen LogP contribution in [0.15, 0.2) is 126 Å². The van der Waals surface area contributed by atoms with Gasteiger partial charge < -0.3 is 8.98 Å². The van der Waals surface area contributed by atoms with Crippen molar-refractivity contribution in [2.75, 3.05) is 0 Å². The van der Waals surface area contributed by atoms with Crippen LogP contribution in [0.4, 0.5) is 0 Å². The first kappa shape index (κ1) is 22.0. The molecule has 2 nitrogen and oxygen atoms in total. The zero-order valence-corrected chi connectivity index (χ0v) is 22.6. The molecule has 0 bridgehead atoms. The summed E-state index contributed by atoms with van der Waals surface area (Å²) in [6, 6.07) is 43.9. The van der Waals surface area contributed by atoms with Gasteiger partial charge in [-0.25, -0.2) is 0 Å². The average Bonchev–Trinajstić information content (AvgIpc) is 3.66. The van der Waals surface area contributed by atoms with Gasteiger partial charge in [0, 0.05) is 42.6 Å². The first-order valence-corrected chi connectivity index (χ1v) is 14.4. The van der Waals surface area contributed by atoms with Crippen molar-refractivity contribution in [1.82, 2.24) is 4.57 Å². The van der Waals surface area contributed by atoms with Gasteiger partial charge in [0.15, 0.2) is 0 Å². The molecule has 0 atom stereocenters. The van der Waals surface area contributed by atoms with Crippen LogP contribution >= 0.6 is 11.3 Å². The number of thiophene rings is 1. The molecule has 0 amide bonds. The summed E-state index contributed by atoms with van der Waals surface area (Å²) >= 11 is 1.89.